The molecule has 1 saturated heterocycles. The molecule has 1 atom stereocenters. The standard InChI is InChI=1S/C14H24N4/c1-17(2)14-6-7-15-10-13(14)16-9-12-5-4-8-18(3)11-12/h6-7,10,12,16H,4-5,8-9,11H2,1-3H3. The lowest BCUT2D eigenvalue weighted by Gasteiger charge is -2.30. The predicted molar refractivity (Wildman–Crippen MR) is 77.3 cm³/mol. The number of hydrogen-bond acceptors (Lipinski definition) is 4. The Morgan fingerprint density at radius 1 is 1.50 bits per heavy atom. The van der Waals surface area contributed by atoms with Crippen LogP contribution in [0.5, 0.6) is 0 Å². The van der Waals surface area contributed by atoms with Crippen LogP contribution < -0.4 is 10.2 Å². The number of aromatic nitrogens is 1. The largest absolute Gasteiger partial charge is 0.382 e. The van der Waals surface area contributed by atoms with E-state index in [9.17, 15) is 0 Å². The minimum absolute atomic E-state index is 0.749. The second-order valence-electron chi connectivity index (χ2n) is 5.44. The average Bonchev–Trinajstić information content (AvgIpc) is 2.37. The Morgan fingerprint density at radius 3 is 3.06 bits per heavy atom. The van der Waals surface area contributed by atoms with E-state index in [0.29, 0.717) is 0 Å². The number of pyridine rings is 1. The summed E-state index contributed by atoms with van der Waals surface area (Å²) in [6.07, 6.45) is 6.40. The molecule has 1 N–H and O–H groups in total. The van der Waals surface area contributed by atoms with Crippen LogP contribution in [0, 0.1) is 5.92 Å². The molecule has 1 aromatic heterocycles. The van der Waals surface area contributed by atoms with Gasteiger partial charge in [-0.25, -0.2) is 0 Å². The van der Waals surface area contributed by atoms with E-state index in [1.165, 1.54) is 31.6 Å². The average molecular weight is 248 g/mol. The summed E-state index contributed by atoms with van der Waals surface area (Å²) in [5.41, 5.74) is 2.34. The smallest absolute Gasteiger partial charge is 0.0764 e. The first-order valence-electron chi connectivity index (χ1n) is 6.70. The molecule has 1 aliphatic heterocycles. The fourth-order valence-corrected chi connectivity index (χ4v) is 2.61. The molecule has 1 unspecified atom stereocenters. The van der Waals surface area contributed by atoms with Gasteiger partial charge >= 0.3 is 0 Å². The molecule has 4 nitrogen and oxygen atoms in total. The number of likely N-dealkylation sites (tertiary alicyclic amines) is 1. The van der Waals surface area contributed by atoms with Gasteiger partial charge in [0, 0.05) is 33.4 Å². The van der Waals surface area contributed by atoms with E-state index in [0.717, 1.165) is 18.2 Å². The molecule has 1 aromatic rings. The molecular weight excluding hydrogens is 224 g/mol. The first-order chi connectivity index (χ1) is 8.66. The van der Waals surface area contributed by atoms with Crippen molar-refractivity contribution in [3.05, 3.63) is 18.5 Å². The van der Waals surface area contributed by atoms with Crippen molar-refractivity contribution < 1.29 is 0 Å². The third kappa shape index (κ3) is 3.35. The number of hydrogen-bond donors (Lipinski definition) is 1. The highest BCUT2D eigenvalue weighted by atomic mass is 15.1. The van der Waals surface area contributed by atoms with Crippen LogP contribution in [0.1, 0.15) is 12.8 Å². The molecule has 18 heavy (non-hydrogen) atoms. The first kappa shape index (κ1) is 13.1. The van der Waals surface area contributed by atoms with Crippen LogP contribution >= 0.6 is 0 Å². The minimum Gasteiger partial charge on any atom is -0.382 e. The van der Waals surface area contributed by atoms with Crippen molar-refractivity contribution in [3.8, 4) is 0 Å². The Kier molecular flexibility index (Phi) is 4.42. The molecule has 0 aliphatic carbocycles. The van der Waals surface area contributed by atoms with Crippen LogP contribution in [0.25, 0.3) is 0 Å². The van der Waals surface area contributed by atoms with Gasteiger partial charge in [-0.2, -0.15) is 0 Å². The van der Waals surface area contributed by atoms with Crippen LogP contribution in [0.4, 0.5) is 11.4 Å². The van der Waals surface area contributed by atoms with E-state index in [2.05, 4.69) is 47.3 Å². The summed E-state index contributed by atoms with van der Waals surface area (Å²) in [5.74, 6) is 0.749. The van der Waals surface area contributed by atoms with E-state index in [-0.39, 0.29) is 0 Å². The third-order valence-corrected chi connectivity index (χ3v) is 3.58. The predicted octanol–water partition coefficient (Wildman–Crippen LogP) is 1.90. The van der Waals surface area contributed by atoms with Gasteiger partial charge in [0.05, 0.1) is 17.6 Å². The maximum absolute atomic E-state index is 4.21. The van der Waals surface area contributed by atoms with Gasteiger partial charge in [0.1, 0.15) is 0 Å². The Balaban J connectivity index is 1.93. The van der Waals surface area contributed by atoms with Gasteiger partial charge in [0.2, 0.25) is 0 Å². The molecule has 0 aromatic carbocycles. The van der Waals surface area contributed by atoms with Gasteiger partial charge < -0.3 is 15.1 Å². The first-order valence-corrected chi connectivity index (χ1v) is 6.70. The van der Waals surface area contributed by atoms with Crippen molar-refractivity contribution >= 4 is 11.4 Å². The van der Waals surface area contributed by atoms with Gasteiger partial charge in [0.25, 0.3) is 0 Å². The molecule has 0 bridgehead atoms. The van der Waals surface area contributed by atoms with Crippen molar-refractivity contribution in [2.45, 2.75) is 12.8 Å². The molecule has 0 saturated carbocycles. The summed E-state index contributed by atoms with van der Waals surface area (Å²) in [5, 5.41) is 3.55. The van der Waals surface area contributed by atoms with Crippen molar-refractivity contribution in [3.63, 3.8) is 0 Å². The number of rotatable bonds is 4. The molecule has 1 fully saturated rings. The highest BCUT2D eigenvalue weighted by Gasteiger charge is 2.17. The van der Waals surface area contributed by atoms with Crippen molar-refractivity contribution in [2.75, 3.05) is 51.0 Å². The molecule has 0 radical (unpaired) electrons. The Labute approximate surface area is 110 Å². The maximum atomic E-state index is 4.21. The summed E-state index contributed by atoms with van der Waals surface area (Å²) in [6.45, 7) is 3.48. The van der Waals surface area contributed by atoms with Crippen LogP contribution in [-0.2, 0) is 0 Å². The second kappa shape index (κ2) is 6.05. The molecule has 100 valence electrons. The van der Waals surface area contributed by atoms with Crippen LogP contribution in [0.15, 0.2) is 18.5 Å². The van der Waals surface area contributed by atoms with Crippen molar-refractivity contribution in [2.24, 2.45) is 5.92 Å². The minimum atomic E-state index is 0.749. The van der Waals surface area contributed by atoms with E-state index >= 15 is 0 Å². The highest BCUT2D eigenvalue weighted by molar-refractivity contribution is 5.68. The van der Waals surface area contributed by atoms with Gasteiger partial charge in [-0.1, -0.05) is 0 Å². The monoisotopic (exact) mass is 248 g/mol. The molecule has 0 amide bonds. The van der Waals surface area contributed by atoms with Gasteiger partial charge in [-0.05, 0) is 38.4 Å². The highest BCUT2D eigenvalue weighted by Crippen LogP contribution is 2.23. The molecule has 2 heterocycles. The third-order valence-electron chi connectivity index (χ3n) is 3.58. The number of piperidine rings is 1. The van der Waals surface area contributed by atoms with Gasteiger partial charge in [-0.15, -0.1) is 0 Å². The lowest BCUT2D eigenvalue weighted by Crippen LogP contribution is -2.35. The summed E-state index contributed by atoms with van der Waals surface area (Å²) in [7, 11) is 6.34. The van der Waals surface area contributed by atoms with Crippen LogP contribution in [-0.4, -0.2) is 50.7 Å². The molecule has 4 heteroatoms. The van der Waals surface area contributed by atoms with Crippen molar-refractivity contribution in [1.29, 1.82) is 0 Å². The number of anilines is 2. The zero-order chi connectivity index (χ0) is 13.0. The zero-order valence-electron chi connectivity index (χ0n) is 11.7. The lowest BCUT2D eigenvalue weighted by molar-refractivity contribution is 0.217. The van der Waals surface area contributed by atoms with Crippen LogP contribution in [0.2, 0.25) is 0 Å². The van der Waals surface area contributed by atoms with E-state index in [1.54, 1.807) is 0 Å². The van der Waals surface area contributed by atoms with E-state index in [1.807, 2.05) is 12.4 Å². The molecule has 0 spiro atoms. The number of nitrogens with zero attached hydrogens (tertiary/aromatic N) is 3. The summed E-state index contributed by atoms with van der Waals surface area (Å²) in [4.78, 5) is 8.75. The van der Waals surface area contributed by atoms with Gasteiger partial charge in [0.15, 0.2) is 0 Å². The summed E-state index contributed by atoms with van der Waals surface area (Å²) in [6, 6.07) is 2.05. The normalized spacial score (nSPS) is 20.7. The topological polar surface area (TPSA) is 31.4 Å². The van der Waals surface area contributed by atoms with Crippen LogP contribution in [0.3, 0.4) is 0 Å². The zero-order valence-corrected chi connectivity index (χ0v) is 11.7. The van der Waals surface area contributed by atoms with Crippen molar-refractivity contribution in [1.82, 2.24) is 9.88 Å². The SMILES string of the molecule is CN1CCCC(CNc2cnccc2N(C)C)C1. The molecule has 2 rings (SSSR count). The fourth-order valence-electron chi connectivity index (χ4n) is 2.61. The summed E-state index contributed by atoms with van der Waals surface area (Å²) >= 11 is 0. The number of nitrogens with one attached hydrogen (secondary N) is 1. The Hall–Kier alpha value is -1.29. The van der Waals surface area contributed by atoms with E-state index in [4.69, 9.17) is 0 Å². The Bertz CT molecular complexity index is 378. The Morgan fingerprint density at radius 2 is 2.33 bits per heavy atom. The summed E-state index contributed by atoms with van der Waals surface area (Å²) < 4.78 is 0. The fraction of sp³-hybridized carbons (Fsp3) is 0.643. The maximum Gasteiger partial charge on any atom is 0.0764 e. The lowest BCUT2D eigenvalue weighted by atomic mass is 9.98. The molecule has 1 aliphatic rings. The van der Waals surface area contributed by atoms with E-state index < -0.39 is 0 Å². The molecular formula is C14H24N4. The quantitative estimate of drug-likeness (QED) is 0.882. The second-order valence-corrected chi connectivity index (χ2v) is 5.44. The van der Waals surface area contributed by atoms with Gasteiger partial charge in [-0.3, -0.25) is 4.98 Å².